The number of hydrogen-bond donors (Lipinski definition) is 1. The van der Waals surface area contributed by atoms with Crippen LogP contribution in [0.15, 0.2) is 55.1 Å². The van der Waals surface area contributed by atoms with E-state index < -0.39 is 0 Å². The number of carbonyl (C=O) groups excluding carboxylic acids is 1. The average molecular weight is 379 g/mol. The van der Waals surface area contributed by atoms with E-state index in [1.807, 2.05) is 11.8 Å². The van der Waals surface area contributed by atoms with Crippen LogP contribution in [0.25, 0.3) is 0 Å². The molecule has 1 amide bonds. The molecule has 0 spiro atoms. The monoisotopic (exact) mass is 379 g/mol. The minimum atomic E-state index is -0.349. The largest absolute Gasteiger partial charge is 0.486 e. The predicted octanol–water partition coefficient (Wildman–Crippen LogP) is 2.84. The van der Waals surface area contributed by atoms with Crippen molar-refractivity contribution in [1.29, 1.82) is 0 Å². The number of aromatic nitrogens is 3. The lowest BCUT2D eigenvalue weighted by Crippen LogP contribution is -2.54. The van der Waals surface area contributed by atoms with Crippen molar-refractivity contribution >= 4 is 17.4 Å². The van der Waals surface area contributed by atoms with E-state index >= 15 is 0 Å². The molecule has 1 N–H and O–H groups in total. The molecule has 1 aromatic carbocycles. The summed E-state index contributed by atoms with van der Waals surface area (Å²) in [7, 11) is 0. The van der Waals surface area contributed by atoms with Gasteiger partial charge >= 0.3 is 0 Å². The molecule has 0 unspecified atom stereocenters. The molecule has 3 heterocycles. The number of carbonyl (C=O) groups is 1. The minimum Gasteiger partial charge on any atom is -0.486 e. The number of benzene rings is 1. The summed E-state index contributed by atoms with van der Waals surface area (Å²) in [6.07, 6.45) is 6.13. The highest BCUT2D eigenvalue weighted by Crippen LogP contribution is 2.25. The summed E-state index contributed by atoms with van der Waals surface area (Å²) < 4.78 is 19.2. The molecule has 0 radical (unpaired) electrons. The lowest BCUT2D eigenvalue weighted by atomic mass is 10.1. The van der Waals surface area contributed by atoms with Gasteiger partial charge in [0.2, 0.25) is 0 Å². The fourth-order valence-corrected chi connectivity index (χ4v) is 2.81. The summed E-state index contributed by atoms with van der Waals surface area (Å²) in [5, 5.41) is 2.71. The molecule has 1 saturated heterocycles. The highest BCUT2D eigenvalue weighted by Gasteiger charge is 2.30. The second kappa shape index (κ2) is 7.59. The average Bonchev–Trinajstić information content (AvgIpc) is 2.68. The molecule has 7 nitrogen and oxygen atoms in total. The number of halogens is 1. The molecule has 0 saturated carbocycles. The zero-order valence-electron chi connectivity index (χ0n) is 15.2. The third kappa shape index (κ3) is 3.90. The van der Waals surface area contributed by atoms with E-state index in [0.717, 1.165) is 5.56 Å². The Morgan fingerprint density at radius 3 is 2.79 bits per heavy atom. The van der Waals surface area contributed by atoms with E-state index in [2.05, 4.69) is 20.3 Å². The number of rotatable bonds is 5. The summed E-state index contributed by atoms with van der Waals surface area (Å²) in [5.74, 6) is 0.549. The number of anilines is 2. The molecule has 1 fully saturated rings. The molecule has 1 aliphatic rings. The van der Waals surface area contributed by atoms with Crippen molar-refractivity contribution in [2.75, 3.05) is 23.3 Å². The highest BCUT2D eigenvalue weighted by atomic mass is 19.1. The molecule has 0 bridgehead atoms. The SMILES string of the molecule is Cc1ccc(F)cc1OC1CN(c2cnc(C(=O)Nc3cccnc3)cn2)C1. The molecular weight excluding hydrogens is 361 g/mol. The first-order valence-electron chi connectivity index (χ1n) is 8.79. The van der Waals surface area contributed by atoms with Crippen LogP contribution in [0, 0.1) is 12.7 Å². The summed E-state index contributed by atoms with van der Waals surface area (Å²) >= 11 is 0. The minimum absolute atomic E-state index is 0.0455. The number of ether oxygens (including phenoxy) is 1. The fraction of sp³-hybridized carbons (Fsp3) is 0.200. The highest BCUT2D eigenvalue weighted by molar-refractivity contribution is 6.02. The summed E-state index contributed by atoms with van der Waals surface area (Å²) in [5.41, 5.74) is 1.70. The van der Waals surface area contributed by atoms with Gasteiger partial charge < -0.3 is 15.0 Å². The zero-order chi connectivity index (χ0) is 19.5. The van der Waals surface area contributed by atoms with Crippen LogP contribution in [0.3, 0.4) is 0 Å². The molecule has 4 rings (SSSR count). The summed E-state index contributed by atoms with van der Waals surface area (Å²) in [6, 6.07) is 7.98. The van der Waals surface area contributed by atoms with Crippen LogP contribution in [-0.4, -0.2) is 40.1 Å². The Labute approximate surface area is 161 Å². The third-order valence-corrected chi connectivity index (χ3v) is 4.41. The fourth-order valence-electron chi connectivity index (χ4n) is 2.81. The van der Waals surface area contributed by atoms with E-state index in [4.69, 9.17) is 4.74 Å². The number of pyridine rings is 1. The lowest BCUT2D eigenvalue weighted by molar-refractivity contribution is 0.102. The van der Waals surface area contributed by atoms with Crippen LogP contribution in [0.5, 0.6) is 5.75 Å². The van der Waals surface area contributed by atoms with Crippen LogP contribution in [0.1, 0.15) is 16.1 Å². The Balaban J connectivity index is 1.33. The van der Waals surface area contributed by atoms with Gasteiger partial charge in [-0.3, -0.25) is 9.78 Å². The predicted molar refractivity (Wildman–Crippen MR) is 102 cm³/mol. The number of nitrogens with zero attached hydrogens (tertiary/aromatic N) is 4. The van der Waals surface area contributed by atoms with E-state index in [1.54, 1.807) is 36.8 Å². The quantitative estimate of drug-likeness (QED) is 0.734. The van der Waals surface area contributed by atoms with Crippen LogP contribution in [0.4, 0.5) is 15.9 Å². The Bertz CT molecular complexity index is 976. The molecule has 1 aliphatic heterocycles. The first-order chi connectivity index (χ1) is 13.6. The smallest absolute Gasteiger partial charge is 0.275 e. The van der Waals surface area contributed by atoms with Gasteiger partial charge in [-0.15, -0.1) is 0 Å². The standard InChI is InChI=1S/C20H18FN5O2/c1-13-4-5-14(21)7-18(13)28-16-11-26(12-16)19-10-23-17(9-24-19)20(27)25-15-3-2-6-22-8-15/h2-10,16H,11-12H2,1H3,(H,25,27). The van der Waals surface area contributed by atoms with Crippen molar-refractivity contribution in [3.63, 3.8) is 0 Å². The first kappa shape index (κ1) is 17.8. The van der Waals surface area contributed by atoms with Gasteiger partial charge in [0.1, 0.15) is 29.2 Å². The molecule has 28 heavy (non-hydrogen) atoms. The van der Waals surface area contributed by atoms with E-state index in [1.165, 1.54) is 18.3 Å². The number of hydrogen-bond acceptors (Lipinski definition) is 6. The van der Waals surface area contributed by atoms with E-state index in [-0.39, 0.29) is 23.5 Å². The molecule has 0 atom stereocenters. The summed E-state index contributed by atoms with van der Waals surface area (Å²) in [4.78, 5) is 26.6. The lowest BCUT2D eigenvalue weighted by Gasteiger charge is -2.39. The van der Waals surface area contributed by atoms with Crippen molar-refractivity contribution in [1.82, 2.24) is 15.0 Å². The van der Waals surface area contributed by atoms with Crippen molar-refractivity contribution in [3.05, 3.63) is 72.2 Å². The van der Waals surface area contributed by atoms with Gasteiger partial charge in [0.25, 0.3) is 5.91 Å². The van der Waals surface area contributed by atoms with Crippen molar-refractivity contribution in [2.24, 2.45) is 0 Å². The maximum absolute atomic E-state index is 13.4. The Hall–Kier alpha value is -3.55. The molecule has 142 valence electrons. The molecular formula is C20H18FN5O2. The van der Waals surface area contributed by atoms with Gasteiger partial charge in [0.15, 0.2) is 0 Å². The first-order valence-corrected chi connectivity index (χ1v) is 8.79. The van der Waals surface area contributed by atoms with Gasteiger partial charge in [-0.1, -0.05) is 6.07 Å². The van der Waals surface area contributed by atoms with Gasteiger partial charge in [-0.05, 0) is 30.7 Å². The second-order valence-corrected chi connectivity index (χ2v) is 6.51. The summed E-state index contributed by atoms with van der Waals surface area (Å²) in [6.45, 7) is 3.11. The van der Waals surface area contributed by atoms with Crippen LogP contribution in [-0.2, 0) is 0 Å². The molecule has 8 heteroatoms. The molecule has 0 aliphatic carbocycles. The van der Waals surface area contributed by atoms with Gasteiger partial charge in [-0.2, -0.15) is 0 Å². The van der Waals surface area contributed by atoms with Crippen molar-refractivity contribution in [3.8, 4) is 5.75 Å². The second-order valence-electron chi connectivity index (χ2n) is 6.51. The van der Waals surface area contributed by atoms with E-state index in [9.17, 15) is 9.18 Å². The Kier molecular flexibility index (Phi) is 4.84. The number of nitrogens with one attached hydrogen (secondary N) is 1. The molecule has 2 aromatic heterocycles. The zero-order valence-corrected chi connectivity index (χ0v) is 15.2. The molecule has 3 aromatic rings. The number of aryl methyl sites for hydroxylation is 1. The third-order valence-electron chi connectivity index (χ3n) is 4.41. The van der Waals surface area contributed by atoms with Crippen LogP contribution in [0.2, 0.25) is 0 Å². The van der Waals surface area contributed by atoms with Gasteiger partial charge in [0, 0.05) is 12.3 Å². The Morgan fingerprint density at radius 1 is 1.21 bits per heavy atom. The van der Waals surface area contributed by atoms with Crippen LogP contribution >= 0.6 is 0 Å². The number of amides is 1. The van der Waals surface area contributed by atoms with Gasteiger partial charge in [-0.25, -0.2) is 14.4 Å². The van der Waals surface area contributed by atoms with Crippen molar-refractivity contribution in [2.45, 2.75) is 13.0 Å². The maximum atomic E-state index is 13.4. The van der Waals surface area contributed by atoms with Gasteiger partial charge in [0.05, 0.1) is 37.4 Å². The topological polar surface area (TPSA) is 80.2 Å². The normalized spacial score (nSPS) is 13.7. The Morgan fingerprint density at radius 2 is 2.07 bits per heavy atom. The van der Waals surface area contributed by atoms with E-state index in [0.29, 0.717) is 30.3 Å². The van der Waals surface area contributed by atoms with Crippen LogP contribution < -0.4 is 15.0 Å². The maximum Gasteiger partial charge on any atom is 0.275 e. The van der Waals surface area contributed by atoms with Crippen molar-refractivity contribution < 1.29 is 13.9 Å².